The van der Waals surface area contributed by atoms with E-state index in [1.165, 1.54) is 4.90 Å². The number of nitrogens with one attached hydrogen (secondary N) is 1. The number of imide groups is 1. The van der Waals surface area contributed by atoms with Crippen LogP contribution in [-0.4, -0.2) is 41.2 Å². The van der Waals surface area contributed by atoms with Crippen molar-refractivity contribution in [1.82, 2.24) is 4.90 Å². The zero-order valence-corrected chi connectivity index (χ0v) is 21.4. The largest absolute Gasteiger partial charge is 0.462 e. The Balaban J connectivity index is 1.65. The van der Waals surface area contributed by atoms with E-state index in [-0.39, 0.29) is 24.2 Å². The number of piperidine rings is 1. The van der Waals surface area contributed by atoms with Gasteiger partial charge < -0.3 is 10.1 Å². The van der Waals surface area contributed by atoms with Crippen LogP contribution in [-0.2, 0) is 25.5 Å². The second-order valence-electron chi connectivity index (χ2n) is 10.6. The van der Waals surface area contributed by atoms with E-state index < -0.39 is 28.7 Å². The lowest BCUT2D eigenvalue weighted by Crippen LogP contribution is -2.64. The zero-order valence-electron chi connectivity index (χ0n) is 21.4. The summed E-state index contributed by atoms with van der Waals surface area (Å²) in [6.07, 6.45) is 2.16. The number of likely N-dealkylation sites (tertiary alicyclic amines) is 1. The molecule has 0 aromatic heterocycles. The molecule has 3 atom stereocenters. The molecule has 3 amide bonds. The molecule has 1 N–H and O–H groups in total. The van der Waals surface area contributed by atoms with E-state index in [2.05, 4.69) is 5.32 Å². The molecule has 0 radical (unpaired) electrons. The molecule has 1 aliphatic carbocycles. The van der Waals surface area contributed by atoms with Crippen molar-refractivity contribution in [3.63, 3.8) is 0 Å². The van der Waals surface area contributed by atoms with Gasteiger partial charge in [-0.15, -0.1) is 0 Å². The molecule has 2 aliphatic rings. The summed E-state index contributed by atoms with van der Waals surface area (Å²) in [6, 6.07) is 14.8. The average Bonchev–Trinajstić information content (AvgIpc) is 3.05. The molecule has 1 heterocycles. The maximum absolute atomic E-state index is 13.8. The van der Waals surface area contributed by atoms with Gasteiger partial charge in [0.15, 0.2) is 0 Å². The number of nitrogens with zero attached hydrogens (tertiary/aromatic N) is 1. The third-order valence-electron chi connectivity index (χ3n) is 8.14. The van der Waals surface area contributed by atoms with Crippen molar-refractivity contribution < 1.29 is 23.9 Å². The number of rotatable bonds is 8. The van der Waals surface area contributed by atoms with Crippen molar-refractivity contribution in [1.29, 1.82) is 0 Å². The van der Waals surface area contributed by atoms with Crippen molar-refractivity contribution in [3.05, 3.63) is 65.7 Å². The average molecular weight is 491 g/mol. The van der Waals surface area contributed by atoms with Gasteiger partial charge in [0.2, 0.25) is 17.7 Å². The lowest BCUT2D eigenvalue weighted by Gasteiger charge is -2.49. The highest BCUT2D eigenvalue weighted by atomic mass is 16.5. The Bertz CT molecular complexity index is 1180. The van der Waals surface area contributed by atoms with Crippen LogP contribution in [0, 0.1) is 16.7 Å². The predicted octanol–water partition coefficient (Wildman–Crippen LogP) is 4.61. The summed E-state index contributed by atoms with van der Waals surface area (Å²) < 4.78 is 5.20. The van der Waals surface area contributed by atoms with E-state index in [1.807, 2.05) is 58.0 Å². The van der Waals surface area contributed by atoms with Crippen LogP contribution < -0.4 is 5.32 Å². The number of benzene rings is 2. The van der Waals surface area contributed by atoms with Crippen molar-refractivity contribution in [3.8, 4) is 0 Å². The number of hydrogen-bond acceptors (Lipinski definition) is 5. The Morgan fingerprint density at radius 2 is 1.81 bits per heavy atom. The van der Waals surface area contributed by atoms with E-state index in [0.717, 1.165) is 5.56 Å². The molecule has 3 unspecified atom stereocenters. The van der Waals surface area contributed by atoms with Gasteiger partial charge >= 0.3 is 5.97 Å². The maximum Gasteiger partial charge on any atom is 0.338 e. The molecule has 36 heavy (non-hydrogen) atoms. The molecule has 1 saturated heterocycles. The minimum absolute atomic E-state index is 0.200. The van der Waals surface area contributed by atoms with Gasteiger partial charge in [-0.05, 0) is 48.4 Å². The maximum atomic E-state index is 13.8. The number of hydrogen-bond donors (Lipinski definition) is 1. The standard InChI is InChI=1S/C29H34N2O5/c1-5-16-36-26(34)20-12-9-13-21(18-20)30-24(32)23(17-19-10-7-6-8-11-19)31-25(33)22-14-15-29(4,27(31)35)28(22,2)3/h6-13,18,22-23H,5,14-17H2,1-4H3,(H,30,32). The van der Waals surface area contributed by atoms with Crippen LogP contribution in [0.4, 0.5) is 5.69 Å². The van der Waals surface area contributed by atoms with E-state index in [0.29, 0.717) is 37.1 Å². The number of carbonyl (C=O) groups is 4. The zero-order chi connectivity index (χ0) is 26.1. The second-order valence-corrected chi connectivity index (χ2v) is 10.6. The second kappa shape index (κ2) is 9.88. The highest BCUT2D eigenvalue weighted by Crippen LogP contribution is 2.60. The fourth-order valence-corrected chi connectivity index (χ4v) is 5.51. The van der Waals surface area contributed by atoms with Crippen molar-refractivity contribution in [2.75, 3.05) is 11.9 Å². The molecule has 190 valence electrons. The highest BCUT2D eigenvalue weighted by Gasteiger charge is 2.65. The summed E-state index contributed by atoms with van der Waals surface area (Å²) in [4.78, 5) is 54.7. The monoisotopic (exact) mass is 490 g/mol. The molecule has 2 fully saturated rings. The minimum atomic E-state index is -1.01. The van der Waals surface area contributed by atoms with Crippen LogP contribution >= 0.6 is 0 Å². The number of amides is 3. The first kappa shape index (κ1) is 25.6. The van der Waals surface area contributed by atoms with E-state index in [1.54, 1.807) is 24.3 Å². The van der Waals surface area contributed by atoms with Crippen LogP contribution in [0.3, 0.4) is 0 Å². The summed E-state index contributed by atoms with van der Waals surface area (Å²) in [6.45, 7) is 8.09. The number of fused-ring (bicyclic) bond motifs is 2. The SMILES string of the molecule is CCCOC(=O)c1cccc(NC(=O)C(Cc2ccccc2)N2C(=O)C3CCC(C)(C2=O)C3(C)C)c1. The Hall–Kier alpha value is -3.48. The van der Waals surface area contributed by atoms with Crippen LogP contribution in [0.25, 0.3) is 0 Å². The molecular formula is C29H34N2O5. The van der Waals surface area contributed by atoms with Crippen molar-refractivity contribution in [2.24, 2.45) is 16.7 Å². The Morgan fingerprint density at radius 1 is 1.08 bits per heavy atom. The van der Waals surface area contributed by atoms with Crippen LogP contribution in [0.5, 0.6) is 0 Å². The normalized spacial score (nSPS) is 23.3. The smallest absolute Gasteiger partial charge is 0.338 e. The third-order valence-corrected chi connectivity index (χ3v) is 8.14. The van der Waals surface area contributed by atoms with Gasteiger partial charge in [0.25, 0.3) is 0 Å². The summed E-state index contributed by atoms with van der Waals surface area (Å²) >= 11 is 0. The van der Waals surface area contributed by atoms with E-state index in [4.69, 9.17) is 4.74 Å². The number of ether oxygens (including phenoxy) is 1. The van der Waals surface area contributed by atoms with Gasteiger partial charge in [0.05, 0.1) is 17.6 Å². The summed E-state index contributed by atoms with van der Waals surface area (Å²) in [5, 5.41) is 2.84. The molecule has 4 rings (SSSR count). The molecule has 0 spiro atoms. The Kier molecular flexibility index (Phi) is 7.03. The molecule has 1 saturated carbocycles. The van der Waals surface area contributed by atoms with Gasteiger partial charge in [-0.1, -0.05) is 64.1 Å². The van der Waals surface area contributed by atoms with Crippen LogP contribution in [0.15, 0.2) is 54.6 Å². The van der Waals surface area contributed by atoms with Gasteiger partial charge in [-0.2, -0.15) is 0 Å². The van der Waals surface area contributed by atoms with Crippen LogP contribution in [0.2, 0.25) is 0 Å². The first-order chi connectivity index (χ1) is 17.1. The topological polar surface area (TPSA) is 92.8 Å². The van der Waals surface area contributed by atoms with Gasteiger partial charge in [0.1, 0.15) is 6.04 Å². The summed E-state index contributed by atoms with van der Waals surface area (Å²) in [5.74, 6) is -1.83. The fourth-order valence-electron chi connectivity index (χ4n) is 5.51. The van der Waals surface area contributed by atoms with E-state index >= 15 is 0 Å². The lowest BCUT2D eigenvalue weighted by atomic mass is 9.62. The summed E-state index contributed by atoms with van der Waals surface area (Å²) in [5.41, 5.74) is 0.369. The van der Waals surface area contributed by atoms with Gasteiger partial charge in [-0.25, -0.2) is 4.79 Å². The van der Waals surface area contributed by atoms with Gasteiger partial charge in [-0.3, -0.25) is 19.3 Å². The third kappa shape index (κ3) is 4.43. The quantitative estimate of drug-likeness (QED) is 0.431. The molecule has 7 nitrogen and oxygen atoms in total. The van der Waals surface area contributed by atoms with Crippen molar-refractivity contribution >= 4 is 29.4 Å². The predicted molar refractivity (Wildman–Crippen MR) is 136 cm³/mol. The number of anilines is 1. The molecule has 2 aromatic rings. The van der Waals surface area contributed by atoms with Gasteiger partial charge in [0, 0.05) is 18.0 Å². The Morgan fingerprint density at radius 3 is 2.50 bits per heavy atom. The highest BCUT2D eigenvalue weighted by molar-refractivity contribution is 6.09. The summed E-state index contributed by atoms with van der Waals surface area (Å²) in [7, 11) is 0. The molecule has 7 heteroatoms. The minimum Gasteiger partial charge on any atom is -0.462 e. The molecule has 1 aliphatic heterocycles. The molecule has 2 aromatic carbocycles. The van der Waals surface area contributed by atoms with Crippen LogP contribution in [0.1, 0.15) is 62.9 Å². The number of esters is 1. The van der Waals surface area contributed by atoms with E-state index in [9.17, 15) is 19.2 Å². The Labute approximate surface area is 212 Å². The van der Waals surface area contributed by atoms with Crippen molar-refractivity contribution in [2.45, 2.75) is 59.4 Å². The fraction of sp³-hybridized carbons (Fsp3) is 0.448. The first-order valence-corrected chi connectivity index (χ1v) is 12.6. The molecular weight excluding hydrogens is 456 g/mol. The molecule has 2 bridgehead atoms. The lowest BCUT2D eigenvalue weighted by molar-refractivity contribution is -0.172. The first-order valence-electron chi connectivity index (χ1n) is 12.6. The number of carbonyl (C=O) groups excluding carboxylic acids is 4.